The largest absolute Gasteiger partial charge is 0.521 e. The Hall–Kier alpha value is -6.27. The van der Waals surface area contributed by atoms with E-state index in [9.17, 15) is 0 Å². The lowest BCUT2D eigenvalue weighted by molar-refractivity contribution is 0.105. The highest BCUT2D eigenvalue weighted by Gasteiger charge is 2.47. The maximum atomic E-state index is 7.74. The predicted molar refractivity (Wildman–Crippen MR) is 279 cm³/mol. The molecule has 16 rings (SSSR count). The summed E-state index contributed by atoms with van der Waals surface area (Å²) in [6, 6.07) is 48.1. The number of benzene rings is 7. The van der Waals surface area contributed by atoms with Crippen molar-refractivity contribution in [3.63, 3.8) is 0 Å². The van der Waals surface area contributed by atoms with E-state index in [0.717, 1.165) is 103 Å². The van der Waals surface area contributed by atoms with Crippen molar-refractivity contribution in [3.8, 4) is 57.1 Å². The molecule has 8 heterocycles. The molecule has 0 saturated carbocycles. The van der Waals surface area contributed by atoms with Crippen LogP contribution in [0.15, 0.2) is 146 Å². The van der Waals surface area contributed by atoms with Crippen molar-refractivity contribution >= 4 is 34.0 Å². The van der Waals surface area contributed by atoms with Crippen molar-refractivity contribution in [2.75, 3.05) is 7.11 Å². The number of hydrogen-bond donors (Lipinski definition) is 0. The van der Waals surface area contributed by atoms with Crippen molar-refractivity contribution < 1.29 is 31.9 Å². The van der Waals surface area contributed by atoms with E-state index < -0.39 is 22.7 Å². The monoisotopic (exact) mass is 938 g/mol. The fourth-order valence-corrected chi connectivity index (χ4v) is 17.6. The zero-order valence-corrected chi connectivity index (χ0v) is 42.4. The smallest absolute Gasteiger partial charge is 0.384 e. The fourth-order valence-electron chi connectivity index (χ4n) is 11.1. The lowest BCUT2D eigenvalue weighted by atomic mass is 9.69. The number of aryl methyl sites for hydroxylation is 1. The van der Waals surface area contributed by atoms with Crippen molar-refractivity contribution in [3.05, 3.63) is 173 Å². The summed E-state index contributed by atoms with van der Waals surface area (Å²) in [6.07, 6.45) is 12.7. The van der Waals surface area contributed by atoms with Gasteiger partial charge in [0.05, 0.1) is 7.11 Å². The average Bonchev–Trinajstić information content (AvgIpc) is 3.61. The molecule has 8 bridgehead atoms. The van der Waals surface area contributed by atoms with Gasteiger partial charge in [0.15, 0.2) is 5.60 Å². The van der Waals surface area contributed by atoms with Gasteiger partial charge in [0, 0.05) is 16.4 Å². The molecule has 7 aromatic rings. The second kappa shape index (κ2) is 18.3. The van der Waals surface area contributed by atoms with Crippen molar-refractivity contribution in [2.24, 2.45) is 0 Å². The Kier molecular flexibility index (Phi) is 12.3. The molecule has 0 radical (unpaired) electrons. The van der Waals surface area contributed by atoms with Gasteiger partial charge in [0.1, 0.15) is 46.0 Å². The summed E-state index contributed by atoms with van der Waals surface area (Å²) in [5.74, 6) is 6.19. The second-order valence-electron chi connectivity index (χ2n) is 19.5. The van der Waals surface area contributed by atoms with Crippen LogP contribution in [-0.4, -0.2) is 24.2 Å². The number of ether oxygens (including phenoxy) is 4. The topological polar surface area (TPSA) is 64.6 Å². The van der Waals surface area contributed by atoms with Gasteiger partial charge in [-0.05, 0) is 201 Å². The minimum absolute atomic E-state index is 0.122. The number of hydrogen-bond acceptors (Lipinski definition) is 7. The maximum absolute atomic E-state index is 7.74. The Morgan fingerprint density at radius 2 is 1.16 bits per heavy atom. The van der Waals surface area contributed by atoms with Crippen LogP contribution >= 0.6 is 0 Å². The van der Waals surface area contributed by atoms with Crippen molar-refractivity contribution in [1.29, 1.82) is 0 Å². The Bertz CT molecular complexity index is 2950. The van der Waals surface area contributed by atoms with E-state index in [1.54, 1.807) is 7.11 Å². The van der Waals surface area contributed by atoms with Crippen LogP contribution in [0.5, 0.6) is 46.0 Å². The summed E-state index contributed by atoms with van der Waals surface area (Å²) in [5.41, 5.74) is 8.19. The van der Waals surface area contributed by atoms with Gasteiger partial charge < -0.3 is 31.9 Å². The lowest BCUT2D eigenvalue weighted by Gasteiger charge is -2.39. The second-order valence-corrected chi connectivity index (χ2v) is 26.3. The first-order valence-corrected chi connectivity index (χ1v) is 30.0. The van der Waals surface area contributed by atoms with Crippen LogP contribution in [0.3, 0.4) is 0 Å². The molecule has 7 aromatic carbocycles. The molecule has 0 fully saturated rings. The Labute approximate surface area is 404 Å². The van der Waals surface area contributed by atoms with Crippen LogP contribution in [0.2, 0.25) is 26.2 Å². The molecule has 68 heavy (non-hydrogen) atoms. The minimum Gasteiger partial charge on any atom is -0.521 e. The summed E-state index contributed by atoms with van der Waals surface area (Å²) in [5, 5.41) is 2.28. The Morgan fingerprint density at radius 3 is 1.75 bits per heavy atom. The van der Waals surface area contributed by atoms with Gasteiger partial charge in [0.2, 0.25) is 0 Å². The molecule has 0 aromatic heterocycles. The third-order valence-electron chi connectivity index (χ3n) is 13.7. The van der Waals surface area contributed by atoms with E-state index in [4.69, 9.17) is 31.9 Å². The highest BCUT2D eigenvalue weighted by atomic mass is 28.5. The zero-order chi connectivity index (χ0) is 47.1. The molecule has 348 valence electrons. The Balaban J connectivity index is 1.04. The molecule has 0 N–H and O–H groups in total. The van der Waals surface area contributed by atoms with E-state index in [1.165, 1.54) is 38.8 Å². The molecule has 0 amide bonds. The molecule has 1 aliphatic carbocycles. The van der Waals surface area contributed by atoms with E-state index in [-0.39, 0.29) is 5.41 Å². The first-order valence-electron chi connectivity index (χ1n) is 24.4. The third kappa shape index (κ3) is 8.83. The van der Waals surface area contributed by atoms with Gasteiger partial charge in [-0.2, -0.15) is 0 Å². The molecule has 9 heteroatoms. The highest BCUT2D eigenvalue weighted by molar-refractivity contribution is 6.79. The number of methoxy groups -OCH3 is 1. The molecular weight excluding hydrogens is 877 g/mol. The molecule has 1 atom stereocenters. The van der Waals surface area contributed by atoms with Crippen molar-refractivity contribution in [2.45, 2.75) is 102 Å². The van der Waals surface area contributed by atoms with E-state index >= 15 is 0 Å². The van der Waals surface area contributed by atoms with Gasteiger partial charge in [-0.25, -0.2) is 0 Å². The minimum atomic E-state index is -2.65. The molecule has 8 aliphatic heterocycles. The Morgan fingerprint density at radius 1 is 0.603 bits per heavy atom. The average molecular weight is 939 g/mol. The lowest BCUT2D eigenvalue weighted by Crippen LogP contribution is -2.52. The van der Waals surface area contributed by atoms with Gasteiger partial charge in [0.25, 0.3) is 0 Å². The van der Waals surface area contributed by atoms with Crippen LogP contribution in [0, 0.1) is 0 Å². The first kappa shape index (κ1) is 45.5. The van der Waals surface area contributed by atoms with Crippen LogP contribution in [0.1, 0.15) is 86.6 Å². The summed E-state index contributed by atoms with van der Waals surface area (Å²) < 4.78 is 46.0. The highest BCUT2D eigenvalue weighted by Crippen LogP contribution is 2.61. The van der Waals surface area contributed by atoms with E-state index in [1.807, 2.05) is 74.7 Å². The molecule has 1 unspecified atom stereocenters. The van der Waals surface area contributed by atoms with Crippen LogP contribution in [0.25, 0.3) is 28.0 Å². The molecule has 1 spiro atoms. The normalized spacial score (nSPS) is 18.8. The van der Waals surface area contributed by atoms with Crippen LogP contribution in [-0.2, 0) is 21.6 Å². The summed E-state index contributed by atoms with van der Waals surface area (Å²) >= 11 is 0. The van der Waals surface area contributed by atoms with Gasteiger partial charge >= 0.3 is 17.1 Å². The predicted octanol–water partition coefficient (Wildman–Crippen LogP) is 16.2. The number of fused-ring (bicyclic) bond motifs is 8. The SMILES string of the molecule is CCCC1(CCC)c2ccccc2-c2c1c1c(c3cc(OC)ccc23)OC2(C=C1)CCCCc1ccc(cc1)Oc1ccc(cc1)O[Si](C)(C)O[Si](C)(C)Oc1ccc(cc1)Oc1ccc2cc1. The van der Waals surface area contributed by atoms with Crippen LogP contribution < -0.4 is 27.8 Å². The van der Waals surface area contributed by atoms with Crippen molar-refractivity contribution in [1.82, 2.24) is 0 Å². The summed E-state index contributed by atoms with van der Waals surface area (Å²) in [7, 11) is -3.54. The summed E-state index contributed by atoms with van der Waals surface area (Å²) in [6.45, 7) is 12.8. The van der Waals surface area contributed by atoms with E-state index in [2.05, 4.69) is 117 Å². The van der Waals surface area contributed by atoms with Gasteiger partial charge in [-0.3, -0.25) is 0 Å². The molecule has 0 saturated heterocycles. The van der Waals surface area contributed by atoms with Gasteiger partial charge in [-0.15, -0.1) is 0 Å². The number of rotatable bonds is 5. The van der Waals surface area contributed by atoms with E-state index in [0.29, 0.717) is 5.75 Å². The van der Waals surface area contributed by atoms with Gasteiger partial charge in [-0.1, -0.05) is 81.3 Å². The van der Waals surface area contributed by atoms with Crippen LogP contribution in [0.4, 0.5) is 0 Å². The quantitative estimate of drug-likeness (QED) is 0.159. The zero-order valence-electron chi connectivity index (χ0n) is 40.4. The molecular formula is C59H62O7Si2. The molecule has 7 nitrogen and oxygen atoms in total. The maximum Gasteiger partial charge on any atom is 0.384 e. The fraction of sp³-hybridized carbons (Fsp3) is 0.288. The molecule has 9 aliphatic rings. The standard InChI is InChI=1S/C59H62O7Si2/c1-8-36-58(37-9-2)54-16-11-10-15-51(54)55-50-34-33-49(60-3)40-53(50)57-52(56(55)58)35-39-59(63-57)38-13-12-14-41-17-21-43(22-18-41)61-45-25-29-47(30-26-45)64-67(4,5)66-68(6,7)65-48-31-27-46(28-32-48)62-44-23-19-42(59)20-24-44/h10-11,15-35,39-40H,8-9,12-14,36-38H2,1-7H3. The summed E-state index contributed by atoms with van der Waals surface area (Å²) in [4.78, 5) is 0. The third-order valence-corrected chi connectivity index (χ3v) is 19.1. The first-order chi connectivity index (χ1) is 32.9.